The number of rotatable bonds is 28. The average Bonchev–Trinajstić information content (AvgIpc) is 2.07. The van der Waals surface area contributed by atoms with Crippen molar-refractivity contribution in [2.45, 2.75) is 254 Å². The zero-order chi connectivity index (χ0) is 61.0. The predicted molar refractivity (Wildman–Crippen MR) is 328 cm³/mol. The van der Waals surface area contributed by atoms with E-state index in [0.29, 0.717) is 52.0 Å². The molecule has 13 nitrogen and oxygen atoms in total. The van der Waals surface area contributed by atoms with Gasteiger partial charge in [0.2, 0.25) is 0 Å². The Balaban J connectivity index is 0.781. The number of fused-ring (bicyclic) bond motifs is 10. The number of phosphoric acid groups is 1. The molecular weight excluding hydrogens is 1080 g/mol. The lowest BCUT2D eigenvalue weighted by atomic mass is 9.47. The fraction of sp³-hybridized carbons (Fsp3) is 0.886. The third kappa shape index (κ3) is 16.1. The van der Waals surface area contributed by atoms with Crippen LogP contribution < -0.4 is 4.89 Å². The van der Waals surface area contributed by atoms with E-state index in [1.165, 1.54) is 101 Å². The summed E-state index contributed by atoms with van der Waals surface area (Å²) >= 11 is 0. The second kappa shape index (κ2) is 28.1. The summed E-state index contributed by atoms with van der Waals surface area (Å²) in [5.74, 6) is 6.46. The van der Waals surface area contributed by atoms with Crippen LogP contribution in [0.25, 0.3) is 0 Å². The minimum Gasteiger partial charge on any atom is -0.756 e. The van der Waals surface area contributed by atoms with Crippen LogP contribution >= 0.6 is 7.82 Å². The highest BCUT2D eigenvalue weighted by Crippen LogP contribution is 2.69. The summed E-state index contributed by atoms with van der Waals surface area (Å²) in [6, 6.07) is 0. The number of ether oxygens (including phenoxy) is 4. The molecule has 0 aliphatic heterocycles. The highest BCUT2D eigenvalue weighted by atomic mass is 31.2. The van der Waals surface area contributed by atoms with Crippen LogP contribution in [-0.2, 0) is 51.7 Å². The lowest BCUT2D eigenvalue weighted by Crippen LogP contribution is -2.51. The van der Waals surface area contributed by atoms with Crippen LogP contribution in [0.4, 0.5) is 0 Å². The lowest BCUT2D eigenvalue weighted by Gasteiger charge is -2.58. The van der Waals surface area contributed by atoms with Crippen LogP contribution in [0.15, 0.2) is 23.3 Å². The molecule has 0 radical (unpaired) electrons. The zero-order valence-corrected chi connectivity index (χ0v) is 55.7. The molecule has 0 aromatic heterocycles. The molecule has 0 spiro atoms. The molecule has 8 rings (SSSR count). The fourth-order valence-electron chi connectivity index (χ4n) is 19.7. The number of allylic oxidation sites excluding steroid dienone is 2. The van der Waals surface area contributed by atoms with Gasteiger partial charge in [0, 0.05) is 12.8 Å². The quantitative estimate of drug-likeness (QED) is 0.0240. The van der Waals surface area contributed by atoms with E-state index in [9.17, 15) is 28.6 Å². The third-order valence-electron chi connectivity index (χ3n) is 24.3. The highest BCUT2D eigenvalue weighted by molar-refractivity contribution is 7.45. The van der Waals surface area contributed by atoms with Gasteiger partial charge in [-0.15, -0.1) is 0 Å². The van der Waals surface area contributed by atoms with Crippen molar-refractivity contribution in [1.29, 1.82) is 0 Å². The van der Waals surface area contributed by atoms with E-state index in [2.05, 4.69) is 81.4 Å². The Morgan fingerprint density at radius 3 is 1.48 bits per heavy atom. The molecular formula is C70H116NO12P. The van der Waals surface area contributed by atoms with Crippen LogP contribution in [-0.4, -0.2) is 94.2 Å². The van der Waals surface area contributed by atoms with Gasteiger partial charge in [-0.3, -0.25) is 23.7 Å². The maximum atomic E-state index is 13.4. The molecule has 0 aromatic rings. The third-order valence-corrected chi connectivity index (χ3v) is 25.3. The van der Waals surface area contributed by atoms with E-state index in [4.69, 9.17) is 28.0 Å². The first-order valence-corrected chi connectivity index (χ1v) is 35.5. The number of hydrogen-bond acceptors (Lipinski definition) is 12. The van der Waals surface area contributed by atoms with E-state index in [-0.39, 0.29) is 55.3 Å². The molecule has 478 valence electrons. The number of carbonyl (C=O) groups excluding carboxylic acids is 4. The molecule has 0 saturated heterocycles. The number of phosphoric ester groups is 1. The molecule has 0 aromatic carbocycles. The van der Waals surface area contributed by atoms with Gasteiger partial charge in [0.15, 0.2) is 6.10 Å². The zero-order valence-electron chi connectivity index (χ0n) is 54.8. The van der Waals surface area contributed by atoms with Crippen molar-refractivity contribution in [1.82, 2.24) is 0 Å². The summed E-state index contributed by atoms with van der Waals surface area (Å²) in [5, 5.41) is 0. The van der Waals surface area contributed by atoms with Crippen molar-refractivity contribution >= 4 is 31.7 Å². The molecule has 6 fully saturated rings. The molecule has 2 unspecified atom stereocenters. The summed E-state index contributed by atoms with van der Waals surface area (Å²) < 4.78 is 46.6. The van der Waals surface area contributed by atoms with Crippen molar-refractivity contribution in [2.24, 2.45) is 92.7 Å². The van der Waals surface area contributed by atoms with E-state index in [1.807, 2.05) is 21.1 Å². The van der Waals surface area contributed by atoms with Crippen LogP contribution in [0.1, 0.15) is 236 Å². The van der Waals surface area contributed by atoms with Gasteiger partial charge in [-0.25, -0.2) is 0 Å². The van der Waals surface area contributed by atoms with Crippen LogP contribution in [0.5, 0.6) is 0 Å². The number of quaternary nitrogens is 1. The van der Waals surface area contributed by atoms with Gasteiger partial charge in [0.05, 0.1) is 53.4 Å². The molecule has 6 saturated carbocycles. The second-order valence-electron chi connectivity index (χ2n) is 31.7. The molecule has 0 heterocycles. The summed E-state index contributed by atoms with van der Waals surface area (Å²) in [7, 11) is 0.853. The second-order valence-corrected chi connectivity index (χ2v) is 33.1. The Labute approximate surface area is 508 Å². The van der Waals surface area contributed by atoms with Crippen LogP contribution in [0.2, 0.25) is 0 Å². The van der Waals surface area contributed by atoms with Crippen molar-refractivity contribution in [3.8, 4) is 0 Å². The number of carbonyl (C=O) groups is 4. The number of esters is 4. The van der Waals surface area contributed by atoms with Crippen molar-refractivity contribution in [2.75, 3.05) is 47.5 Å². The number of likely N-dealkylation sites (N-methyl/N-ethyl adjacent to an activating group) is 1. The van der Waals surface area contributed by atoms with Crippen molar-refractivity contribution in [3.05, 3.63) is 23.3 Å². The summed E-state index contributed by atoms with van der Waals surface area (Å²) in [6.07, 6.45) is 27.9. The van der Waals surface area contributed by atoms with E-state index >= 15 is 0 Å². The van der Waals surface area contributed by atoms with Gasteiger partial charge < -0.3 is 37.4 Å². The first-order valence-electron chi connectivity index (χ1n) is 34.1. The minimum atomic E-state index is -4.84. The van der Waals surface area contributed by atoms with E-state index in [1.54, 1.807) is 0 Å². The minimum absolute atomic E-state index is 0.103. The van der Waals surface area contributed by atoms with Gasteiger partial charge in [-0.05, 0) is 183 Å². The smallest absolute Gasteiger partial charge is 0.306 e. The Morgan fingerprint density at radius 1 is 0.571 bits per heavy atom. The average molecular weight is 1190 g/mol. The van der Waals surface area contributed by atoms with Gasteiger partial charge in [-0.2, -0.15) is 0 Å². The monoisotopic (exact) mass is 1190 g/mol. The first kappa shape index (κ1) is 67.4. The molecule has 14 heteroatoms. The molecule has 0 bridgehead atoms. The maximum absolute atomic E-state index is 13.4. The molecule has 0 amide bonds. The Morgan fingerprint density at radius 2 is 1.02 bits per heavy atom. The maximum Gasteiger partial charge on any atom is 0.306 e. The molecule has 8 aliphatic rings. The standard InChI is InChI=1S/C70H116NO12P/c1-46(2)16-14-18-48(5)57-24-26-59-55-22-20-50-42-52(32-36-67(50,7)61(55)34-38-69(57,59)9)81-64(73)29-28-63(72)78-44-54(45-80-84(76,77)79-41-40-71(11,12)13)83-66(75)31-30-65(74)82-53-33-37-68(8)51(43-53)21-23-56-60-27-25-58(49(6)19-15-17-47(3)4)70(60,10)39-35-62(56)68/h20-21,46-49,52-62H,14-19,22-45H2,1-13H3/t48-,49-,52+,53+,54?,55+,56+,57-,58-,59+,60+,61+,62+,67+,68+,69-,70-/m1/s1. The van der Waals surface area contributed by atoms with Crippen molar-refractivity contribution < 1.29 is 61.1 Å². The number of nitrogens with zero attached hydrogens (tertiary/aromatic N) is 1. The SMILES string of the molecule is CC(C)CCC[C@@H](C)[C@H]1CC[C@H]2[C@@H]3CC=C4C[C@@H](OC(=O)CCC(=O)OCC(COP(=O)([O-])OCC[N+](C)(C)C)OC(=O)CCC(=O)O[C@H]5CC[C@@]6(C)C(=CC[C@H]7[C@@H]8CC[C@H]([C@H](C)CCCC(C)C)[C@@]8(C)CC[C@@H]76)C5)CC[C@]4(C)[C@H]3CC[C@]12C. The van der Waals surface area contributed by atoms with Gasteiger partial charge in [0.1, 0.15) is 32.0 Å². The molecule has 0 N–H and O–H groups in total. The van der Waals surface area contributed by atoms with Crippen LogP contribution in [0.3, 0.4) is 0 Å². The lowest BCUT2D eigenvalue weighted by molar-refractivity contribution is -0.870. The van der Waals surface area contributed by atoms with E-state index < -0.39 is 51.0 Å². The van der Waals surface area contributed by atoms with E-state index in [0.717, 1.165) is 92.3 Å². The Bertz CT molecular complexity index is 2380. The molecule has 84 heavy (non-hydrogen) atoms. The van der Waals surface area contributed by atoms with Crippen LogP contribution in [0, 0.1) is 92.7 Å². The molecule has 18 atom stereocenters. The largest absolute Gasteiger partial charge is 0.756 e. The Hall–Kier alpha value is -2.57. The topological polar surface area (TPSA) is 164 Å². The Kier molecular flexibility index (Phi) is 22.5. The normalized spacial score (nSPS) is 36.2. The van der Waals surface area contributed by atoms with Crippen molar-refractivity contribution in [3.63, 3.8) is 0 Å². The first-order chi connectivity index (χ1) is 39.5. The summed E-state index contributed by atoms with van der Waals surface area (Å²) in [6.45, 7) is 23.7. The van der Waals surface area contributed by atoms with Gasteiger partial charge in [0.25, 0.3) is 7.82 Å². The van der Waals surface area contributed by atoms with Gasteiger partial charge in [-0.1, -0.05) is 131 Å². The number of hydrogen-bond donors (Lipinski definition) is 0. The summed E-state index contributed by atoms with van der Waals surface area (Å²) in [5.41, 5.74) is 3.91. The highest BCUT2D eigenvalue weighted by Gasteiger charge is 2.61. The predicted octanol–water partition coefficient (Wildman–Crippen LogP) is 15.1. The summed E-state index contributed by atoms with van der Waals surface area (Å²) in [4.78, 5) is 65.9. The molecule has 8 aliphatic carbocycles. The van der Waals surface area contributed by atoms with Gasteiger partial charge >= 0.3 is 23.9 Å². The fourth-order valence-corrected chi connectivity index (χ4v) is 20.4.